The minimum atomic E-state index is -0.0251. The zero-order valence-electron chi connectivity index (χ0n) is 15.4. The summed E-state index contributed by atoms with van der Waals surface area (Å²) in [5.41, 5.74) is 3.22. The van der Waals surface area contributed by atoms with E-state index in [1.165, 1.54) is 5.56 Å². The molecule has 1 aliphatic rings. The highest BCUT2D eigenvalue weighted by atomic mass is 16.3. The molecule has 5 nitrogen and oxygen atoms in total. The number of rotatable bonds is 5. The van der Waals surface area contributed by atoms with Gasteiger partial charge in [0.15, 0.2) is 0 Å². The number of hydrogen-bond acceptors (Lipinski definition) is 3. The Morgan fingerprint density at radius 2 is 1.92 bits per heavy atom. The van der Waals surface area contributed by atoms with Gasteiger partial charge in [-0.3, -0.25) is 4.90 Å². The minimum Gasteiger partial charge on any atom is -0.395 e. The van der Waals surface area contributed by atoms with E-state index >= 15 is 0 Å². The molecular weight excluding hydrogens is 302 g/mol. The highest BCUT2D eigenvalue weighted by Gasteiger charge is 2.25. The van der Waals surface area contributed by atoms with Crippen molar-refractivity contribution in [2.45, 2.75) is 46.1 Å². The van der Waals surface area contributed by atoms with Crippen molar-refractivity contribution < 1.29 is 9.90 Å². The molecule has 1 aliphatic heterocycles. The number of benzene rings is 1. The fourth-order valence-electron chi connectivity index (χ4n) is 3.32. The molecule has 2 rings (SSSR count). The van der Waals surface area contributed by atoms with Gasteiger partial charge in [-0.2, -0.15) is 0 Å². The number of aliphatic hydroxyl groups excluding tert-OH is 1. The predicted molar refractivity (Wildman–Crippen MR) is 98.6 cm³/mol. The van der Waals surface area contributed by atoms with Crippen molar-refractivity contribution in [3.63, 3.8) is 0 Å². The second kappa shape index (κ2) is 8.49. The van der Waals surface area contributed by atoms with Crippen LogP contribution in [0.3, 0.4) is 0 Å². The summed E-state index contributed by atoms with van der Waals surface area (Å²) < 4.78 is 0. The van der Waals surface area contributed by atoms with Gasteiger partial charge in [-0.05, 0) is 30.4 Å². The van der Waals surface area contributed by atoms with E-state index in [-0.39, 0.29) is 18.7 Å². The number of anilines is 1. The van der Waals surface area contributed by atoms with Gasteiger partial charge in [-0.15, -0.1) is 0 Å². The number of nitrogens with zero attached hydrogens (tertiary/aromatic N) is 2. The lowest BCUT2D eigenvalue weighted by Gasteiger charge is -2.38. The number of carbonyl (C=O) groups is 1. The van der Waals surface area contributed by atoms with Crippen LogP contribution >= 0.6 is 0 Å². The molecule has 134 valence electrons. The molecule has 2 N–H and O–H groups in total. The van der Waals surface area contributed by atoms with Crippen LogP contribution in [0.15, 0.2) is 18.2 Å². The Labute approximate surface area is 145 Å². The van der Waals surface area contributed by atoms with E-state index < -0.39 is 0 Å². The highest BCUT2D eigenvalue weighted by Crippen LogP contribution is 2.27. The van der Waals surface area contributed by atoms with E-state index in [1.807, 2.05) is 24.0 Å². The molecule has 0 aliphatic carbocycles. The zero-order chi connectivity index (χ0) is 17.7. The first-order valence-electron chi connectivity index (χ1n) is 8.98. The van der Waals surface area contributed by atoms with Crippen molar-refractivity contribution >= 4 is 11.7 Å². The Kier molecular flexibility index (Phi) is 6.63. The van der Waals surface area contributed by atoms with Gasteiger partial charge >= 0.3 is 6.03 Å². The Bertz CT molecular complexity index is 548. The first-order valence-corrected chi connectivity index (χ1v) is 8.98. The Balaban J connectivity index is 2.00. The molecule has 0 spiro atoms. The summed E-state index contributed by atoms with van der Waals surface area (Å²) in [6.07, 6.45) is 0.934. The molecule has 5 heteroatoms. The second-order valence-corrected chi connectivity index (χ2v) is 6.89. The van der Waals surface area contributed by atoms with Gasteiger partial charge in [0.2, 0.25) is 0 Å². The van der Waals surface area contributed by atoms with Crippen molar-refractivity contribution in [2.75, 3.05) is 38.1 Å². The smallest absolute Gasteiger partial charge is 0.321 e. The summed E-state index contributed by atoms with van der Waals surface area (Å²) in [6.45, 7) is 11.6. The van der Waals surface area contributed by atoms with Crippen LogP contribution in [0, 0.1) is 6.92 Å². The molecule has 0 bridgehead atoms. The molecule has 1 fully saturated rings. The van der Waals surface area contributed by atoms with Crippen molar-refractivity contribution in [1.29, 1.82) is 0 Å². The largest absolute Gasteiger partial charge is 0.395 e. The molecule has 24 heavy (non-hydrogen) atoms. The predicted octanol–water partition coefficient (Wildman–Crippen LogP) is 3.04. The fraction of sp³-hybridized carbons (Fsp3) is 0.632. The standard InChI is InChI=1S/C19H31N3O2/c1-5-16(13-23)21-9-11-22(12-10-21)19(24)20-18-15(4)7-6-8-17(18)14(2)3/h6-8,14,16,23H,5,9-13H2,1-4H3,(H,20,24). The van der Waals surface area contributed by atoms with Crippen molar-refractivity contribution in [2.24, 2.45) is 0 Å². The Morgan fingerprint density at radius 3 is 2.46 bits per heavy atom. The van der Waals surface area contributed by atoms with Crippen molar-refractivity contribution in [1.82, 2.24) is 9.80 Å². The molecule has 2 amide bonds. The quantitative estimate of drug-likeness (QED) is 0.871. The third-order valence-corrected chi connectivity index (χ3v) is 4.96. The van der Waals surface area contributed by atoms with Crippen LogP contribution in [0.1, 0.15) is 44.2 Å². The van der Waals surface area contributed by atoms with Crippen LogP contribution in [0.5, 0.6) is 0 Å². The van der Waals surface area contributed by atoms with Gasteiger partial charge < -0.3 is 15.3 Å². The summed E-state index contributed by atoms with van der Waals surface area (Å²) in [5, 5.41) is 12.5. The van der Waals surface area contributed by atoms with Crippen molar-refractivity contribution in [3.05, 3.63) is 29.3 Å². The molecule has 1 heterocycles. The Hall–Kier alpha value is -1.59. The number of para-hydroxylation sites is 1. The van der Waals surface area contributed by atoms with Gasteiger partial charge in [0.1, 0.15) is 0 Å². The maximum atomic E-state index is 12.7. The Morgan fingerprint density at radius 1 is 1.25 bits per heavy atom. The first kappa shape index (κ1) is 18.7. The number of carbonyl (C=O) groups excluding carboxylic acids is 1. The SMILES string of the molecule is CCC(CO)N1CCN(C(=O)Nc2c(C)cccc2C(C)C)CC1. The number of aryl methyl sites for hydroxylation is 1. The van der Waals surface area contributed by atoms with Gasteiger partial charge in [-0.1, -0.05) is 39.0 Å². The maximum absolute atomic E-state index is 12.7. The molecule has 1 atom stereocenters. The van der Waals surface area contributed by atoms with E-state index in [2.05, 4.69) is 37.1 Å². The average Bonchev–Trinajstić information content (AvgIpc) is 2.58. The molecule has 1 unspecified atom stereocenters. The van der Waals surface area contributed by atoms with Crippen molar-refractivity contribution in [3.8, 4) is 0 Å². The number of nitrogens with one attached hydrogen (secondary N) is 1. The van der Waals surface area contributed by atoms with E-state index in [4.69, 9.17) is 0 Å². The number of urea groups is 1. The number of aliphatic hydroxyl groups is 1. The summed E-state index contributed by atoms with van der Waals surface area (Å²) in [7, 11) is 0. The van der Waals surface area contributed by atoms with Crippen LogP contribution < -0.4 is 5.32 Å². The lowest BCUT2D eigenvalue weighted by Crippen LogP contribution is -2.53. The van der Waals surface area contributed by atoms with E-state index in [1.54, 1.807) is 0 Å². The molecule has 1 saturated heterocycles. The molecular formula is C19H31N3O2. The van der Waals surface area contributed by atoms with E-state index in [9.17, 15) is 9.90 Å². The fourth-order valence-corrected chi connectivity index (χ4v) is 3.32. The van der Waals surface area contributed by atoms with Gasteiger partial charge in [0, 0.05) is 37.9 Å². The number of hydrogen-bond donors (Lipinski definition) is 2. The molecule has 0 aromatic heterocycles. The lowest BCUT2D eigenvalue weighted by atomic mass is 9.98. The van der Waals surface area contributed by atoms with Crippen LogP contribution in [0.4, 0.5) is 10.5 Å². The summed E-state index contributed by atoms with van der Waals surface area (Å²) in [6, 6.07) is 6.34. The molecule has 0 radical (unpaired) electrons. The summed E-state index contributed by atoms with van der Waals surface area (Å²) in [4.78, 5) is 16.8. The number of piperazine rings is 1. The normalized spacial score (nSPS) is 17.2. The van der Waals surface area contributed by atoms with E-state index in [0.717, 1.165) is 30.8 Å². The van der Waals surface area contributed by atoms with Gasteiger partial charge in [0.05, 0.1) is 6.61 Å². The summed E-state index contributed by atoms with van der Waals surface area (Å²) >= 11 is 0. The lowest BCUT2D eigenvalue weighted by molar-refractivity contribution is 0.0766. The zero-order valence-corrected chi connectivity index (χ0v) is 15.4. The average molecular weight is 333 g/mol. The third kappa shape index (κ3) is 4.28. The number of amides is 2. The topological polar surface area (TPSA) is 55.8 Å². The summed E-state index contributed by atoms with van der Waals surface area (Å²) in [5.74, 6) is 0.368. The van der Waals surface area contributed by atoms with Crippen LogP contribution in [0.2, 0.25) is 0 Å². The van der Waals surface area contributed by atoms with Gasteiger partial charge in [0.25, 0.3) is 0 Å². The van der Waals surface area contributed by atoms with Crippen LogP contribution in [0.25, 0.3) is 0 Å². The van der Waals surface area contributed by atoms with Crippen LogP contribution in [-0.4, -0.2) is 59.8 Å². The van der Waals surface area contributed by atoms with Crippen LogP contribution in [-0.2, 0) is 0 Å². The van der Waals surface area contributed by atoms with Gasteiger partial charge in [-0.25, -0.2) is 4.79 Å². The maximum Gasteiger partial charge on any atom is 0.321 e. The van der Waals surface area contributed by atoms with E-state index in [0.29, 0.717) is 19.0 Å². The minimum absolute atomic E-state index is 0.0251. The molecule has 1 aromatic carbocycles. The monoisotopic (exact) mass is 333 g/mol. The second-order valence-electron chi connectivity index (χ2n) is 6.89. The third-order valence-electron chi connectivity index (χ3n) is 4.96. The first-order chi connectivity index (χ1) is 11.5. The molecule has 0 saturated carbocycles. The highest BCUT2D eigenvalue weighted by molar-refractivity contribution is 5.91. The molecule has 1 aromatic rings.